The molecule has 1 amide bonds. The lowest BCUT2D eigenvalue weighted by Gasteiger charge is -2.15. The van der Waals surface area contributed by atoms with Crippen molar-refractivity contribution < 1.29 is 19.1 Å². The van der Waals surface area contributed by atoms with Crippen LogP contribution in [0.4, 0.5) is 5.69 Å². The lowest BCUT2D eigenvalue weighted by molar-refractivity contribution is -0.152. The zero-order chi connectivity index (χ0) is 21.0. The monoisotopic (exact) mass is 415 g/mol. The smallest absolute Gasteiger partial charge is 0.312 e. The normalized spacial score (nSPS) is 11.7. The van der Waals surface area contributed by atoms with Crippen LogP contribution in [0.3, 0.4) is 0 Å². The third kappa shape index (κ3) is 4.72. The van der Waals surface area contributed by atoms with Crippen LogP contribution < -0.4 is 15.6 Å². The van der Waals surface area contributed by atoms with Crippen molar-refractivity contribution in [3.63, 3.8) is 0 Å². The van der Waals surface area contributed by atoms with Crippen molar-refractivity contribution in [2.45, 2.75) is 19.4 Å². The van der Waals surface area contributed by atoms with Crippen LogP contribution in [-0.2, 0) is 20.7 Å². The molecule has 9 heteroatoms. The van der Waals surface area contributed by atoms with Gasteiger partial charge in [0.15, 0.2) is 6.10 Å². The molecule has 8 nitrogen and oxygen atoms in total. The van der Waals surface area contributed by atoms with Crippen molar-refractivity contribution in [3.8, 4) is 5.75 Å². The Morgan fingerprint density at radius 1 is 1.21 bits per heavy atom. The lowest BCUT2D eigenvalue weighted by Crippen LogP contribution is -2.30. The molecule has 1 heterocycles. The third-order valence-electron chi connectivity index (χ3n) is 4.18. The number of aromatic amines is 1. The van der Waals surface area contributed by atoms with Crippen LogP contribution in [0, 0.1) is 0 Å². The highest BCUT2D eigenvalue weighted by Gasteiger charge is 2.21. The highest BCUT2D eigenvalue weighted by atomic mass is 35.5. The minimum Gasteiger partial charge on any atom is -0.495 e. The summed E-state index contributed by atoms with van der Waals surface area (Å²) in [5, 5.41) is 10.3. The SMILES string of the molecule is COc1ccc(Cl)cc1NC(=O)[C@@H](C)OC(=O)Cc1n[nH]c(=O)c2ccccc12. The van der Waals surface area contributed by atoms with Crippen LogP contribution in [0.1, 0.15) is 12.6 Å². The molecule has 0 radical (unpaired) electrons. The number of carbonyl (C=O) groups excluding carboxylic acids is 2. The molecule has 0 aliphatic rings. The second kappa shape index (κ2) is 8.74. The van der Waals surface area contributed by atoms with E-state index in [2.05, 4.69) is 15.5 Å². The molecular weight excluding hydrogens is 398 g/mol. The number of hydrogen-bond acceptors (Lipinski definition) is 6. The Labute approximate surface area is 170 Å². The number of esters is 1. The second-order valence-electron chi connectivity index (χ2n) is 6.19. The molecule has 1 atom stereocenters. The van der Waals surface area contributed by atoms with E-state index in [9.17, 15) is 14.4 Å². The number of nitrogens with one attached hydrogen (secondary N) is 2. The zero-order valence-corrected chi connectivity index (χ0v) is 16.4. The van der Waals surface area contributed by atoms with Gasteiger partial charge in [-0.25, -0.2) is 5.10 Å². The Bertz CT molecular complexity index is 1130. The summed E-state index contributed by atoms with van der Waals surface area (Å²) in [6.45, 7) is 1.45. The summed E-state index contributed by atoms with van der Waals surface area (Å²) in [6, 6.07) is 11.6. The van der Waals surface area contributed by atoms with Crippen LogP contribution in [0.5, 0.6) is 5.75 Å². The van der Waals surface area contributed by atoms with Crippen LogP contribution in [-0.4, -0.2) is 35.3 Å². The molecule has 150 valence electrons. The summed E-state index contributed by atoms with van der Waals surface area (Å²) < 4.78 is 10.4. The molecule has 0 fully saturated rings. The fraction of sp³-hybridized carbons (Fsp3) is 0.200. The Hall–Kier alpha value is -3.39. The maximum absolute atomic E-state index is 12.4. The molecule has 29 heavy (non-hydrogen) atoms. The Morgan fingerprint density at radius 3 is 2.66 bits per heavy atom. The maximum atomic E-state index is 12.4. The summed E-state index contributed by atoms with van der Waals surface area (Å²) in [4.78, 5) is 36.5. The van der Waals surface area contributed by atoms with Gasteiger partial charge in [-0.2, -0.15) is 5.10 Å². The van der Waals surface area contributed by atoms with E-state index in [4.69, 9.17) is 21.1 Å². The number of fused-ring (bicyclic) bond motifs is 1. The van der Waals surface area contributed by atoms with Crippen molar-refractivity contribution >= 4 is 39.9 Å². The summed E-state index contributed by atoms with van der Waals surface area (Å²) in [5.41, 5.74) is 0.372. The number of halogens is 1. The van der Waals surface area contributed by atoms with E-state index in [1.807, 2.05) is 0 Å². The Kier molecular flexibility index (Phi) is 6.13. The predicted octanol–water partition coefficient (Wildman–Crippen LogP) is 2.70. The Balaban J connectivity index is 1.68. The van der Waals surface area contributed by atoms with Gasteiger partial charge < -0.3 is 14.8 Å². The van der Waals surface area contributed by atoms with E-state index in [1.165, 1.54) is 20.1 Å². The topological polar surface area (TPSA) is 110 Å². The van der Waals surface area contributed by atoms with E-state index in [0.717, 1.165) is 0 Å². The van der Waals surface area contributed by atoms with Crippen molar-refractivity contribution in [1.29, 1.82) is 0 Å². The number of rotatable bonds is 6. The fourth-order valence-electron chi connectivity index (χ4n) is 2.75. The summed E-state index contributed by atoms with van der Waals surface area (Å²) in [5.74, 6) is -0.779. The molecule has 2 N–H and O–H groups in total. The average molecular weight is 416 g/mol. The molecule has 0 aliphatic carbocycles. The number of aromatic nitrogens is 2. The molecular formula is C20H18ClN3O5. The summed E-state index contributed by atoms with van der Waals surface area (Å²) >= 11 is 5.95. The third-order valence-corrected chi connectivity index (χ3v) is 4.42. The number of ether oxygens (including phenoxy) is 2. The van der Waals surface area contributed by atoms with Gasteiger partial charge in [0, 0.05) is 10.4 Å². The average Bonchev–Trinajstić information content (AvgIpc) is 2.70. The van der Waals surface area contributed by atoms with Gasteiger partial charge in [0.1, 0.15) is 5.75 Å². The van der Waals surface area contributed by atoms with E-state index in [1.54, 1.807) is 36.4 Å². The molecule has 0 saturated heterocycles. The quantitative estimate of drug-likeness (QED) is 0.599. The number of H-pyrrole nitrogens is 1. The molecule has 0 aliphatic heterocycles. The molecule has 0 saturated carbocycles. The Morgan fingerprint density at radius 2 is 1.93 bits per heavy atom. The van der Waals surface area contributed by atoms with Crippen molar-refractivity contribution in [2.75, 3.05) is 12.4 Å². The van der Waals surface area contributed by atoms with E-state index in [-0.39, 0.29) is 12.0 Å². The number of benzene rings is 2. The molecule has 0 unspecified atom stereocenters. The first-order valence-corrected chi connectivity index (χ1v) is 9.07. The number of amides is 1. The van der Waals surface area contributed by atoms with Crippen LogP contribution in [0.2, 0.25) is 5.02 Å². The number of nitrogens with zero attached hydrogens (tertiary/aromatic N) is 1. The number of carbonyl (C=O) groups is 2. The summed E-state index contributed by atoms with van der Waals surface area (Å²) in [6.07, 6.45) is -1.27. The minimum absolute atomic E-state index is 0.199. The molecule has 1 aromatic heterocycles. The zero-order valence-electron chi connectivity index (χ0n) is 15.7. The van der Waals surface area contributed by atoms with Crippen molar-refractivity contribution in [1.82, 2.24) is 10.2 Å². The summed E-state index contributed by atoms with van der Waals surface area (Å²) in [7, 11) is 1.46. The highest BCUT2D eigenvalue weighted by Crippen LogP contribution is 2.27. The van der Waals surface area contributed by atoms with Gasteiger partial charge in [0.25, 0.3) is 11.5 Å². The van der Waals surface area contributed by atoms with E-state index < -0.39 is 18.0 Å². The van der Waals surface area contributed by atoms with Gasteiger partial charge in [0.2, 0.25) is 0 Å². The molecule has 0 spiro atoms. The first kappa shape index (κ1) is 20.3. The van der Waals surface area contributed by atoms with Gasteiger partial charge in [-0.1, -0.05) is 29.8 Å². The number of anilines is 1. The highest BCUT2D eigenvalue weighted by molar-refractivity contribution is 6.31. The van der Waals surface area contributed by atoms with Gasteiger partial charge in [-0.15, -0.1) is 0 Å². The van der Waals surface area contributed by atoms with Crippen molar-refractivity contribution in [3.05, 3.63) is 63.5 Å². The van der Waals surface area contributed by atoms with Gasteiger partial charge in [0.05, 0.1) is 30.3 Å². The van der Waals surface area contributed by atoms with Gasteiger partial charge in [-0.3, -0.25) is 14.4 Å². The van der Waals surface area contributed by atoms with E-state index in [0.29, 0.717) is 32.9 Å². The van der Waals surface area contributed by atoms with Crippen LogP contribution >= 0.6 is 11.6 Å². The second-order valence-corrected chi connectivity index (χ2v) is 6.62. The van der Waals surface area contributed by atoms with Crippen LogP contribution in [0.15, 0.2) is 47.3 Å². The van der Waals surface area contributed by atoms with Gasteiger partial charge >= 0.3 is 5.97 Å². The van der Waals surface area contributed by atoms with Crippen molar-refractivity contribution in [2.24, 2.45) is 0 Å². The number of methoxy groups -OCH3 is 1. The minimum atomic E-state index is -1.07. The standard InChI is InChI=1S/C20H18ClN3O5/c1-11(19(26)22-16-9-12(21)7-8-17(16)28-2)29-18(25)10-15-13-5-3-4-6-14(13)20(27)24-23-15/h3-9,11H,10H2,1-2H3,(H,22,26)(H,24,27)/t11-/m1/s1. The lowest BCUT2D eigenvalue weighted by atomic mass is 10.1. The van der Waals surface area contributed by atoms with Gasteiger partial charge in [-0.05, 0) is 31.2 Å². The van der Waals surface area contributed by atoms with E-state index >= 15 is 0 Å². The predicted molar refractivity (Wildman–Crippen MR) is 108 cm³/mol. The molecule has 3 rings (SSSR count). The van der Waals surface area contributed by atoms with Crippen LogP contribution in [0.25, 0.3) is 10.8 Å². The fourth-order valence-corrected chi connectivity index (χ4v) is 2.92. The molecule has 2 aromatic carbocycles. The first-order valence-electron chi connectivity index (χ1n) is 8.69. The molecule has 0 bridgehead atoms. The molecule has 3 aromatic rings. The number of hydrogen-bond donors (Lipinski definition) is 2. The first-order chi connectivity index (χ1) is 13.9. The maximum Gasteiger partial charge on any atom is 0.312 e. The largest absolute Gasteiger partial charge is 0.495 e.